The van der Waals surface area contributed by atoms with Crippen molar-refractivity contribution in [3.05, 3.63) is 30.3 Å². The number of phenols is 1. The van der Waals surface area contributed by atoms with Gasteiger partial charge in [0.2, 0.25) is 5.71 Å². The molecule has 9 nitrogen and oxygen atoms in total. The van der Waals surface area contributed by atoms with Crippen LogP contribution in [0.5, 0.6) is 5.75 Å². The van der Waals surface area contributed by atoms with Gasteiger partial charge in [-0.3, -0.25) is 15.4 Å². The van der Waals surface area contributed by atoms with E-state index in [1.54, 1.807) is 18.2 Å². The molecule has 0 heterocycles. The average molecular weight is 333 g/mol. The number of benzene rings is 2. The van der Waals surface area contributed by atoms with Gasteiger partial charge in [0.1, 0.15) is 22.4 Å². The van der Waals surface area contributed by atoms with Crippen molar-refractivity contribution in [3.8, 4) is 11.8 Å². The zero-order chi connectivity index (χ0) is 17.2. The van der Waals surface area contributed by atoms with Crippen LogP contribution in [0.3, 0.4) is 0 Å². The van der Waals surface area contributed by atoms with Crippen molar-refractivity contribution in [3.63, 3.8) is 0 Å². The van der Waals surface area contributed by atoms with E-state index in [4.69, 9.17) is 16.4 Å². The van der Waals surface area contributed by atoms with Gasteiger partial charge in [0.15, 0.2) is 5.84 Å². The molecule has 6 N–H and O–H groups in total. The minimum absolute atomic E-state index is 0.00185. The standard InChI is InChI=1S/C13H11N5O4S/c14-6-9(13(15)16)17-18-12-8-4-2-1-3-7(8)11(5-10(12)19)23(20,21)22/h1-5,18-19H,(H3,15,16)(H,20,21,22)/b17-9+. The van der Waals surface area contributed by atoms with E-state index in [1.165, 1.54) is 12.1 Å². The lowest BCUT2D eigenvalue weighted by Crippen LogP contribution is -2.21. The monoisotopic (exact) mass is 333 g/mol. The molecule has 0 spiro atoms. The van der Waals surface area contributed by atoms with Crippen LogP contribution in [-0.2, 0) is 10.1 Å². The molecule has 0 saturated heterocycles. The molecular formula is C13H11N5O4S. The number of amidine groups is 1. The highest BCUT2D eigenvalue weighted by Gasteiger charge is 2.19. The largest absolute Gasteiger partial charge is 0.506 e. The molecule has 0 aliphatic carbocycles. The number of nitriles is 1. The van der Waals surface area contributed by atoms with E-state index in [2.05, 4.69) is 10.5 Å². The summed E-state index contributed by atoms with van der Waals surface area (Å²) in [5.74, 6) is -1.08. The topological polar surface area (TPSA) is 173 Å². The number of hydrogen-bond acceptors (Lipinski definition) is 7. The molecule has 0 radical (unpaired) electrons. The molecule has 10 heteroatoms. The number of hydrogen-bond donors (Lipinski definition) is 5. The van der Waals surface area contributed by atoms with E-state index in [9.17, 15) is 18.1 Å². The maximum Gasteiger partial charge on any atom is 0.295 e. The Morgan fingerprint density at radius 2 is 1.96 bits per heavy atom. The summed E-state index contributed by atoms with van der Waals surface area (Å²) in [7, 11) is -4.55. The van der Waals surface area contributed by atoms with Crippen molar-refractivity contribution in [1.29, 1.82) is 10.7 Å². The van der Waals surface area contributed by atoms with Gasteiger partial charge >= 0.3 is 0 Å². The van der Waals surface area contributed by atoms with Gasteiger partial charge in [0.25, 0.3) is 10.1 Å². The predicted molar refractivity (Wildman–Crippen MR) is 84.0 cm³/mol. The Hall–Kier alpha value is -3.16. The van der Waals surface area contributed by atoms with Gasteiger partial charge in [0.05, 0.1) is 0 Å². The fourth-order valence-electron chi connectivity index (χ4n) is 1.92. The first kappa shape index (κ1) is 16.2. The fraction of sp³-hybridized carbons (Fsp3) is 0. The lowest BCUT2D eigenvalue weighted by Gasteiger charge is -2.11. The number of hydrazone groups is 1. The third-order valence-corrected chi connectivity index (χ3v) is 3.80. The summed E-state index contributed by atoms with van der Waals surface area (Å²) in [5.41, 5.74) is 7.14. The van der Waals surface area contributed by atoms with Crippen LogP contribution in [0, 0.1) is 16.7 Å². The number of nitrogens with zero attached hydrogens (tertiary/aromatic N) is 2. The molecular weight excluding hydrogens is 322 g/mol. The summed E-state index contributed by atoms with van der Waals surface area (Å²) in [5, 5.41) is 29.9. The minimum Gasteiger partial charge on any atom is -0.506 e. The highest BCUT2D eigenvalue weighted by Crippen LogP contribution is 2.37. The smallest absolute Gasteiger partial charge is 0.295 e. The van der Waals surface area contributed by atoms with Crippen LogP contribution in [0.2, 0.25) is 0 Å². The first-order valence-electron chi connectivity index (χ1n) is 6.06. The molecule has 0 amide bonds. The Morgan fingerprint density at radius 1 is 1.35 bits per heavy atom. The van der Waals surface area contributed by atoms with E-state index in [0.717, 1.165) is 6.07 Å². The number of fused-ring (bicyclic) bond motifs is 1. The van der Waals surface area contributed by atoms with Crippen LogP contribution < -0.4 is 11.2 Å². The fourth-order valence-corrected chi connectivity index (χ4v) is 2.63. The number of aromatic hydroxyl groups is 1. The highest BCUT2D eigenvalue weighted by atomic mass is 32.2. The summed E-state index contributed by atoms with van der Waals surface area (Å²) < 4.78 is 32.1. The van der Waals surface area contributed by atoms with Crippen LogP contribution in [0.4, 0.5) is 5.69 Å². The normalized spacial score (nSPS) is 11.9. The summed E-state index contributed by atoms with van der Waals surface area (Å²) in [6.07, 6.45) is 0. The first-order valence-corrected chi connectivity index (χ1v) is 7.50. The molecule has 0 aromatic heterocycles. The van der Waals surface area contributed by atoms with Gasteiger partial charge in [-0.05, 0) is 0 Å². The van der Waals surface area contributed by atoms with E-state index in [-0.39, 0.29) is 16.5 Å². The van der Waals surface area contributed by atoms with Crippen LogP contribution >= 0.6 is 0 Å². The van der Waals surface area contributed by atoms with Gasteiger partial charge in [-0.2, -0.15) is 18.8 Å². The van der Waals surface area contributed by atoms with Crippen molar-refractivity contribution < 1.29 is 18.1 Å². The number of phenolic OH excluding ortho intramolecular Hbond substituents is 1. The molecule has 2 rings (SSSR count). The lowest BCUT2D eigenvalue weighted by atomic mass is 10.1. The average Bonchev–Trinajstić information content (AvgIpc) is 2.47. The second-order valence-corrected chi connectivity index (χ2v) is 5.78. The summed E-state index contributed by atoms with van der Waals surface area (Å²) in [4.78, 5) is -0.466. The summed E-state index contributed by atoms with van der Waals surface area (Å²) >= 11 is 0. The SMILES string of the molecule is N#C/C(=N\Nc1c(O)cc(S(=O)(=O)O)c2ccccc12)C(=N)N. The molecule has 2 aromatic carbocycles. The molecule has 0 fully saturated rings. The molecule has 0 unspecified atom stereocenters. The van der Waals surface area contributed by atoms with Crippen LogP contribution in [0.25, 0.3) is 10.8 Å². The van der Waals surface area contributed by atoms with E-state index in [0.29, 0.717) is 0 Å². The minimum atomic E-state index is -4.55. The maximum atomic E-state index is 11.4. The Labute approximate surface area is 130 Å². The lowest BCUT2D eigenvalue weighted by molar-refractivity contribution is 0.469. The third-order valence-electron chi connectivity index (χ3n) is 2.90. The van der Waals surface area contributed by atoms with Crippen molar-refractivity contribution in [2.75, 3.05) is 5.43 Å². The van der Waals surface area contributed by atoms with Gasteiger partial charge in [-0.15, -0.1) is 0 Å². The molecule has 0 aliphatic heterocycles. The number of rotatable bonds is 4. The molecule has 0 bridgehead atoms. The number of nitrogens with one attached hydrogen (secondary N) is 2. The van der Waals surface area contributed by atoms with Crippen molar-refractivity contribution >= 4 is 38.1 Å². The molecule has 0 atom stereocenters. The Bertz CT molecular complexity index is 976. The van der Waals surface area contributed by atoms with E-state index < -0.39 is 32.3 Å². The molecule has 2 aromatic rings. The zero-order valence-corrected chi connectivity index (χ0v) is 12.3. The first-order chi connectivity index (χ1) is 10.8. The maximum absolute atomic E-state index is 11.4. The van der Waals surface area contributed by atoms with Crippen LogP contribution in [0.1, 0.15) is 0 Å². The molecule has 0 aliphatic rings. The van der Waals surface area contributed by atoms with Gasteiger partial charge < -0.3 is 10.8 Å². The van der Waals surface area contributed by atoms with Crippen molar-refractivity contribution in [2.24, 2.45) is 10.8 Å². The van der Waals surface area contributed by atoms with Crippen LogP contribution in [0.15, 0.2) is 40.3 Å². The highest BCUT2D eigenvalue weighted by molar-refractivity contribution is 7.86. The van der Waals surface area contributed by atoms with Gasteiger partial charge in [-0.25, -0.2) is 0 Å². The predicted octanol–water partition coefficient (Wildman–Crippen LogP) is 1.02. The second kappa shape index (κ2) is 5.91. The quantitative estimate of drug-likeness (QED) is 0.182. The summed E-state index contributed by atoms with van der Waals surface area (Å²) in [6, 6.07) is 8.51. The van der Waals surface area contributed by atoms with Crippen LogP contribution in [-0.4, -0.2) is 29.6 Å². The Morgan fingerprint density at radius 3 is 2.48 bits per heavy atom. The summed E-state index contributed by atoms with van der Waals surface area (Å²) in [6.45, 7) is 0. The Balaban J connectivity index is 2.71. The van der Waals surface area contributed by atoms with Gasteiger partial charge in [-0.1, -0.05) is 24.3 Å². The number of anilines is 1. The second-order valence-electron chi connectivity index (χ2n) is 4.39. The van der Waals surface area contributed by atoms with Gasteiger partial charge in [0, 0.05) is 16.8 Å². The zero-order valence-electron chi connectivity index (χ0n) is 11.5. The number of nitrogens with two attached hydrogens (primary N) is 1. The van der Waals surface area contributed by atoms with E-state index in [1.807, 2.05) is 0 Å². The molecule has 23 heavy (non-hydrogen) atoms. The third kappa shape index (κ3) is 3.20. The van der Waals surface area contributed by atoms with Crippen molar-refractivity contribution in [2.45, 2.75) is 4.90 Å². The molecule has 118 valence electrons. The van der Waals surface area contributed by atoms with Crippen molar-refractivity contribution in [1.82, 2.24) is 0 Å². The van der Waals surface area contributed by atoms with E-state index >= 15 is 0 Å². The Kier molecular flexibility index (Phi) is 4.17. The molecule has 0 saturated carbocycles.